The second-order valence-electron chi connectivity index (χ2n) is 4.01. The minimum atomic E-state index is -2.29. The zero-order valence-electron chi connectivity index (χ0n) is 9.36. The van der Waals surface area contributed by atoms with Gasteiger partial charge in [-0.3, -0.25) is 4.79 Å². The van der Waals surface area contributed by atoms with Crippen LogP contribution in [0.3, 0.4) is 0 Å². The maximum atomic E-state index is 12.2. The van der Waals surface area contributed by atoms with Crippen LogP contribution in [-0.2, 0) is 14.5 Å². The van der Waals surface area contributed by atoms with Crippen LogP contribution >= 0.6 is 0 Å². The van der Waals surface area contributed by atoms with E-state index in [0.29, 0.717) is 18.1 Å². The Labute approximate surface area is 91.4 Å². The highest BCUT2D eigenvalue weighted by Crippen LogP contribution is 2.03. The number of nitrogens with one attached hydrogen (secondary N) is 1. The van der Waals surface area contributed by atoms with E-state index in [1.165, 1.54) is 0 Å². The molecule has 0 radical (unpaired) electrons. The van der Waals surface area contributed by atoms with Gasteiger partial charge < -0.3 is 10.2 Å². The molecule has 5 nitrogen and oxygen atoms in total. The Morgan fingerprint density at radius 1 is 1.40 bits per heavy atom. The maximum absolute atomic E-state index is 12.2. The van der Waals surface area contributed by atoms with Gasteiger partial charge in [0, 0.05) is 18.1 Å². The Balaban J connectivity index is 2.69. The van der Waals surface area contributed by atoms with Crippen molar-refractivity contribution in [2.75, 3.05) is 45.2 Å². The fraction of sp³-hybridized carbons (Fsp3) is 0.889. The topological polar surface area (TPSA) is 61.8 Å². The molecule has 6 heteroatoms. The van der Waals surface area contributed by atoms with Gasteiger partial charge in [0.25, 0.3) is 5.91 Å². The number of carbonyl (C=O) groups excluding carboxylic acids is 1. The molecule has 1 heterocycles. The Hall–Kier alpha value is -0.460. The van der Waals surface area contributed by atoms with Crippen LogP contribution in [0.2, 0.25) is 0 Å². The zero-order valence-corrected chi connectivity index (χ0v) is 10.2. The fourth-order valence-electron chi connectivity index (χ4n) is 1.46. The highest BCUT2D eigenvalue weighted by Gasteiger charge is 2.14. The zero-order chi connectivity index (χ0) is 11.3. The summed E-state index contributed by atoms with van der Waals surface area (Å²) in [5, 5.41) is 3.16. The molecular weight excluding hydrogens is 214 g/mol. The summed E-state index contributed by atoms with van der Waals surface area (Å²) in [7, 11) is 1.32. The van der Waals surface area contributed by atoms with E-state index in [1.807, 2.05) is 0 Å². The predicted molar refractivity (Wildman–Crippen MR) is 61.4 cm³/mol. The van der Waals surface area contributed by atoms with Crippen molar-refractivity contribution in [3.8, 4) is 0 Å². The molecule has 1 atom stereocenters. The smallest absolute Gasteiger partial charge is 0.267 e. The summed E-state index contributed by atoms with van der Waals surface area (Å²) < 4.78 is 16.0. The summed E-state index contributed by atoms with van der Waals surface area (Å²) >= 11 is 0. The van der Waals surface area contributed by atoms with E-state index in [9.17, 15) is 9.00 Å². The fourth-order valence-corrected chi connectivity index (χ4v) is 3.33. The first-order valence-corrected chi connectivity index (χ1v) is 6.98. The van der Waals surface area contributed by atoms with Crippen LogP contribution in [0, 0.1) is 0 Å². The van der Waals surface area contributed by atoms with E-state index >= 15 is 0 Å². The largest absolute Gasteiger partial charge is 0.316 e. The summed E-state index contributed by atoms with van der Waals surface area (Å²) in [6, 6.07) is 0. The third-order valence-corrected chi connectivity index (χ3v) is 4.44. The molecule has 1 fully saturated rings. The van der Waals surface area contributed by atoms with E-state index in [0.717, 1.165) is 13.0 Å². The second-order valence-corrected chi connectivity index (χ2v) is 6.55. The van der Waals surface area contributed by atoms with Crippen molar-refractivity contribution in [3.63, 3.8) is 0 Å². The number of hydrogen-bond acceptors (Lipinski definition) is 4. The molecule has 0 saturated carbocycles. The monoisotopic (exact) mass is 233 g/mol. The maximum Gasteiger partial charge on any atom is 0.267 e. The summed E-state index contributed by atoms with van der Waals surface area (Å²) in [5.74, 6) is 0.762. The molecule has 1 aliphatic rings. The summed E-state index contributed by atoms with van der Waals surface area (Å²) in [4.78, 5) is 13.2. The van der Waals surface area contributed by atoms with Gasteiger partial charge in [0.2, 0.25) is 0 Å². The average Bonchev–Trinajstić information content (AvgIpc) is 2.27. The number of likely N-dealkylation sites (N-methyl/N-ethyl adjacent to an activating group) is 1. The molecule has 15 heavy (non-hydrogen) atoms. The van der Waals surface area contributed by atoms with Crippen LogP contribution in [0.15, 0.2) is 4.36 Å². The predicted octanol–water partition coefficient (Wildman–Crippen LogP) is -0.464. The number of nitrogens with zero attached hydrogens (tertiary/aromatic N) is 2. The number of amides is 1. The molecule has 1 N–H and O–H groups in total. The molecule has 0 aromatic rings. The van der Waals surface area contributed by atoms with Crippen molar-refractivity contribution in [3.05, 3.63) is 0 Å². The lowest BCUT2D eigenvalue weighted by molar-refractivity contribution is -0.118. The molecule has 0 bridgehead atoms. The van der Waals surface area contributed by atoms with Crippen molar-refractivity contribution in [2.45, 2.75) is 6.42 Å². The van der Waals surface area contributed by atoms with Crippen molar-refractivity contribution < 1.29 is 9.00 Å². The van der Waals surface area contributed by atoms with Crippen molar-refractivity contribution >= 4 is 15.6 Å². The highest BCUT2D eigenvalue weighted by atomic mass is 32.2. The molecule has 0 aliphatic carbocycles. The summed E-state index contributed by atoms with van der Waals surface area (Å²) in [6.07, 6.45) is 0.831. The first-order valence-electron chi connectivity index (χ1n) is 5.13. The quantitative estimate of drug-likeness (QED) is 0.701. The Morgan fingerprint density at radius 3 is 2.80 bits per heavy atom. The third kappa shape index (κ3) is 4.72. The molecule has 1 rings (SSSR count). The highest BCUT2D eigenvalue weighted by molar-refractivity contribution is 7.93. The summed E-state index contributed by atoms with van der Waals surface area (Å²) in [5.41, 5.74) is 0. The van der Waals surface area contributed by atoms with E-state index in [2.05, 4.69) is 9.68 Å². The van der Waals surface area contributed by atoms with Gasteiger partial charge in [-0.25, -0.2) is 4.21 Å². The molecule has 1 unspecified atom stereocenters. The van der Waals surface area contributed by atoms with Gasteiger partial charge in [-0.2, -0.15) is 4.36 Å². The molecule has 1 aliphatic heterocycles. The van der Waals surface area contributed by atoms with Crippen LogP contribution in [0.25, 0.3) is 0 Å². The van der Waals surface area contributed by atoms with Crippen molar-refractivity contribution in [1.29, 1.82) is 0 Å². The van der Waals surface area contributed by atoms with Gasteiger partial charge >= 0.3 is 0 Å². The lowest BCUT2D eigenvalue weighted by Gasteiger charge is -2.08. The molecular formula is C9H19N3O2S. The van der Waals surface area contributed by atoms with Gasteiger partial charge in [-0.15, -0.1) is 0 Å². The average molecular weight is 233 g/mol. The van der Waals surface area contributed by atoms with E-state index < -0.39 is 9.73 Å². The van der Waals surface area contributed by atoms with Gasteiger partial charge in [0.15, 0.2) is 0 Å². The standard InChI is InChI=1S/C9H19N3O2S/c1-12(2)8-9(13)11-15(14)6-3-4-10-5-7-15/h10H,3-8H2,1-2H3. The first-order chi connectivity index (χ1) is 7.02. The molecule has 1 saturated heterocycles. The number of carbonyl (C=O) groups is 1. The van der Waals surface area contributed by atoms with Gasteiger partial charge in [0.1, 0.15) is 0 Å². The molecule has 0 aromatic carbocycles. The normalized spacial score (nSPS) is 27.4. The van der Waals surface area contributed by atoms with Gasteiger partial charge in [0.05, 0.1) is 16.3 Å². The minimum absolute atomic E-state index is 0.240. The molecule has 88 valence electrons. The Bertz CT molecular complexity index is 318. The van der Waals surface area contributed by atoms with Crippen LogP contribution < -0.4 is 5.32 Å². The molecule has 0 aromatic heterocycles. The van der Waals surface area contributed by atoms with Crippen LogP contribution in [0.4, 0.5) is 0 Å². The van der Waals surface area contributed by atoms with E-state index in [1.54, 1.807) is 19.0 Å². The van der Waals surface area contributed by atoms with E-state index in [-0.39, 0.29) is 12.5 Å². The van der Waals surface area contributed by atoms with Crippen LogP contribution in [-0.4, -0.2) is 60.3 Å². The lowest BCUT2D eigenvalue weighted by Crippen LogP contribution is -2.23. The Morgan fingerprint density at radius 2 is 2.13 bits per heavy atom. The van der Waals surface area contributed by atoms with E-state index in [4.69, 9.17) is 0 Å². The van der Waals surface area contributed by atoms with Crippen LogP contribution in [0.1, 0.15) is 6.42 Å². The second kappa shape index (κ2) is 5.58. The number of rotatable bonds is 2. The molecule has 0 spiro atoms. The van der Waals surface area contributed by atoms with Gasteiger partial charge in [-0.05, 0) is 27.1 Å². The first kappa shape index (κ1) is 12.6. The summed E-state index contributed by atoms with van der Waals surface area (Å²) in [6.45, 7) is 1.80. The minimum Gasteiger partial charge on any atom is -0.316 e. The Kier molecular flexibility index (Phi) is 4.69. The van der Waals surface area contributed by atoms with Crippen molar-refractivity contribution in [2.24, 2.45) is 4.36 Å². The SMILES string of the molecule is CN(C)CC(=O)N=S1(=O)CCCNCC1. The number of hydrogen-bond donors (Lipinski definition) is 1. The third-order valence-electron chi connectivity index (χ3n) is 2.13. The van der Waals surface area contributed by atoms with Crippen LogP contribution in [0.5, 0.6) is 0 Å². The van der Waals surface area contributed by atoms with Gasteiger partial charge in [-0.1, -0.05) is 0 Å². The lowest BCUT2D eigenvalue weighted by atomic mass is 10.5. The molecule has 1 amide bonds. The van der Waals surface area contributed by atoms with Crippen molar-refractivity contribution in [1.82, 2.24) is 10.2 Å².